The topological polar surface area (TPSA) is 166 Å². The molecule has 0 bridgehead atoms. The molecule has 4 aromatic carbocycles. The first-order chi connectivity index (χ1) is 25.3. The number of hydrogen-bond donors (Lipinski definition) is 5. The summed E-state index contributed by atoms with van der Waals surface area (Å²) >= 11 is 0. The summed E-state index contributed by atoms with van der Waals surface area (Å²) in [5.41, 5.74) is 10.3. The Labute approximate surface area is 301 Å². The Hall–Kier alpha value is -6.56. The van der Waals surface area contributed by atoms with Gasteiger partial charge >= 0.3 is 6.09 Å². The van der Waals surface area contributed by atoms with Crippen molar-refractivity contribution in [2.45, 2.75) is 51.8 Å². The van der Waals surface area contributed by atoms with Gasteiger partial charge in [-0.2, -0.15) is 10.2 Å². The fourth-order valence-corrected chi connectivity index (χ4v) is 5.36. The summed E-state index contributed by atoms with van der Waals surface area (Å²) in [5, 5.41) is 14.7. The third-order valence-corrected chi connectivity index (χ3v) is 8.28. The predicted molar refractivity (Wildman–Crippen MR) is 200 cm³/mol. The lowest BCUT2D eigenvalue weighted by Gasteiger charge is -2.22. The van der Waals surface area contributed by atoms with Crippen LogP contribution >= 0.6 is 0 Å². The van der Waals surface area contributed by atoms with Crippen molar-refractivity contribution in [3.05, 3.63) is 144 Å². The number of hydrogen-bond acceptors (Lipinski definition) is 7. The molecule has 0 spiro atoms. The molecule has 12 nitrogen and oxygen atoms in total. The molecule has 0 aliphatic rings. The van der Waals surface area contributed by atoms with Gasteiger partial charge in [-0.05, 0) is 48.6 Å². The molecule has 2 unspecified atom stereocenters. The lowest BCUT2D eigenvalue weighted by molar-refractivity contribution is -0.130. The summed E-state index contributed by atoms with van der Waals surface area (Å²) < 4.78 is 5.38. The van der Waals surface area contributed by atoms with E-state index >= 15 is 0 Å². The highest BCUT2D eigenvalue weighted by Gasteiger charge is 2.29. The number of alkyl carbamates (subject to hydrolysis) is 1. The van der Waals surface area contributed by atoms with E-state index in [2.05, 4.69) is 36.7 Å². The van der Waals surface area contributed by atoms with Crippen molar-refractivity contribution in [3.63, 3.8) is 0 Å². The number of nitrogens with one attached hydrogen (secondary N) is 5. The maximum atomic E-state index is 13.9. The van der Waals surface area contributed by atoms with Crippen LogP contribution in [0.3, 0.4) is 0 Å². The highest BCUT2D eigenvalue weighted by atomic mass is 16.5. The zero-order valence-corrected chi connectivity index (χ0v) is 29.0. The Morgan fingerprint density at radius 3 is 1.90 bits per heavy atom. The SMILES string of the molecule is C/C(=N/NC(=O)CCC(NC(=O)OCc1ccccc1)C(=O)NC(Cc1c[nH]c2ccccc12)C(=O)N/N=C(/C)c1ccccc1)c1ccccc1. The monoisotopic (exact) mass is 699 g/mol. The number of rotatable bonds is 15. The van der Waals surface area contributed by atoms with Gasteiger partial charge in [-0.3, -0.25) is 14.4 Å². The molecule has 5 aromatic rings. The van der Waals surface area contributed by atoms with Crippen LogP contribution in [0.5, 0.6) is 0 Å². The van der Waals surface area contributed by atoms with Gasteiger partial charge in [0.15, 0.2) is 0 Å². The second-order valence-electron chi connectivity index (χ2n) is 12.1. The van der Waals surface area contributed by atoms with Gasteiger partial charge in [0.1, 0.15) is 18.7 Å². The predicted octanol–water partition coefficient (Wildman–Crippen LogP) is 5.35. The smallest absolute Gasteiger partial charge is 0.408 e. The summed E-state index contributed by atoms with van der Waals surface area (Å²) in [7, 11) is 0. The summed E-state index contributed by atoms with van der Waals surface area (Å²) in [6, 6.07) is 33.1. The van der Waals surface area contributed by atoms with Crippen molar-refractivity contribution >= 4 is 46.1 Å². The number of amides is 4. The maximum Gasteiger partial charge on any atom is 0.408 e. The highest BCUT2D eigenvalue weighted by Crippen LogP contribution is 2.19. The first-order valence-electron chi connectivity index (χ1n) is 16.9. The van der Waals surface area contributed by atoms with Crippen molar-refractivity contribution < 1.29 is 23.9 Å². The molecule has 1 aromatic heterocycles. The van der Waals surface area contributed by atoms with E-state index in [1.807, 2.05) is 103 Å². The number of carbonyl (C=O) groups is 4. The van der Waals surface area contributed by atoms with Gasteiger partial charge in [0.2, 0.25) is 11.8 Å². The molecule has 1 heterocycles. The number of nitrogens with zero attached hydrogens (tertiary/aromatic N) is 2. The van der Waals surface area contributed by atoms with Crippen molar-refractivity contribution in [1.82, 2.24) is 26.5 Å². The second-order valence-corrected chi connectivity index (χ2v) is 12.1. The molecule has 5 N–H and O–H groups in total. The summed E-state index contributed by atoms with van der Waals surface area (Å²) in [6.07, 6.45) is 0.769. The second kappa shape index (κ2) is 18.4. The van der Waals surface area contributed by atoms with Crippen molar-refractivity contribution in [1.29, 1.82) is 0 Å². The van der Waals surface area contributed by atoms with Crippen LogP contribution in [0.2, 0.25) is 0 Å². The van der Waals surface area contributed by atoms with E-state index < -0.39 is 35.9 Å². The lowest BCUT2D eigenvalue weighted by Crippen LogP contribution is -2.54. The summed E-state index contributed by atoms with van der Waals surface area (Å²) in [6.45, 7) is 3.50. The van der Waals surface area contributed by atoms with E-state index in [9.17, 15) is 19.2 Å². The van der Waals surface area contributed by atoms with Crippen LogP contribution in [0, 0.1) is 0 Å². The Morgan fingerprint density at radius 1 is 0.673 bits per heavy atom. The Morgan fingerprint density at radius 2 is 1.25 bits per heavy atom. The average Bonchev–Trinajstić information content (AvgIpc) is 3.59. The third-order valence-electron chi connectivity index (χ3n) is 8.28. The molecular formula is C40H41N7O5. The quantitative estimate of drug-likeness (QED) is 0.0733. The minimum absolute atomic E-state index is 0.0284. The molecule has 2 atom stereocenters. The van der Waals surface area contributed by atoms with Crippen LogP contribution in [0.4, 0.5) is 4.79 Å². The fraction of sp³-hybridized carbons (Fsp3) is 0.200. The van der Waals surface area contributed by atoms with Crippen LogP contribution in [0.15, 0.2) is 132 Å². The van der Waals surface area contributed by atoms with Crippen LogP contribution in [0.1, 0.15) is 48.9 Å². The molecule has 0 saturated carbocycles. The van der Waals surface area contributed by atoms with Gasteiger partial charge < -0.3 is 20.4 Å². The van der Waals surface area contributed by atoms with E-state index in [0.717, 1.165) is 33.2 Å². The first kappa shape index (κ1) is 36.7. The minimum atomic E-state index is -1.24. The number of ether oxygens (including phenoxy) is 1. The van der Waals surface area contributed by atoms with Crippen molar-refractivity contribution in [3.8, 4) is 0 Å². The first-order valence-corrected chi connectivity index (χ1v) is 16.9. The molecule has 0 aliphatic heterocycles. The van der Waals surface area contributed by atoms with Gasteiger partial charge in [-0.15, -0.1) is 0 Å². The number of aromatic nitrogens is 1. The number of carbonyl (C=O) groups excluding carboxylic acids is 4. The highest BCUT2D eigenvalue weighted by molar-refractivity contribution is 6.00. The molecule has 0 radical (unpaired) electrons. The standard InChI is InChI=1S/C40H41N7O5/c1-27(30-16-8-4-9-17-30)44-46-37(48)23-22-35(43-40(51)52-26-29-14-6-3-7-15-29)38(49)42-36(24-32-25-41-34-21-13-12-20-33(32)34)39(50)47-45-28(2)31-18-10-5-11-19-31/h3-21,25,35-36,41H,22-24,26H2,1-2H3,(H,42,49)(H,43,51)(H,46,48)(H,47,50)/b44-27-,45-28-. The molecule has 12 heteroatoms. The molecule has 0 fully saturated rings. The number of benzene rings is 4. The number of aromatic amines is 1. The van der Waals surface area contributed by atoms with Crippen LogP contribution < -0.4 is 21.5 Å². The fourth-order valence-electron chi connectivity index (χ4n) is 5.36. The van der Waals surface area contributed by atoms with Crippen LogP contribution in [0.25, 0.3) is 10.9 Å². The van der Waals surface area contributed by atoms with E-state index in [4.69, 9.17) is 4.74 Å². The van der Waals surface area contributed by atoms with E-state index in [-0.39, 0.29) is 25.9 Å². The van der Waals surface area contributed by atoms with E-state index in [1.54, 1.807) is 32.2 Å². The van der Waals surface area contributed by atoms with Gasteiger partial charge in [0.05, 0.1) is 11.4 Å². The summed E-state index contributed by atoms with van der Waals surface area (Å²) in [5.74, 6) is -1.72. The molecule has 0 saturated heterocycles. The van der Waals surface area contributed by atoms with Crippen LogP contribution in [-0.4, -0.2) is 52.3 Å². The number of hydrazone groups is 2. The number of para-hydroxylation sites is 1. The summed E-state index contributed by atoms with van der Waals surface area (Å²) in [4.78, 5) is 56.6. The van der Waals surface area contributed by atoms with E-state index in [1.165, 1.54) is 0 Å². The number of H-pyrrole nitrogens is 1. The number of fused-ring (bicyclic) bond motifs is 1. The molecular weight excluding hydrogens is 658 g/mol. The normalized spacial score (nSPS) is 12.7. The van der Waals surface area contributed by atoms with Gasteiger partial charge in [-0.25, -0.2) is 15.6 Å². The van der Waals surface area contributed by atoms with Crippen molar-refractivity contribution in [2.24, 2.45) is 10.2 Å². The Kier molecular flexibility index (Phi) is 13.0. The minimum Gasteiger partial charge on any atom is -0.445 e. The van der Waals surface area contributed by atoms with E-state index in [0.29, 0.717) is 11.4 Å². The Balaban J connectivity index is 1.32. The zero-order valence-electron chi connectivity index (χ0n) is 29.0. The molecule has 4 amide bonds. The van der Waals surface area contributed by atoms with Crippen LogP contribution in [-0.2, 0) is 32.1 Å². The van der Waals surface area contributed by atoms with Gasteiger partial charge in [0.25, 0.3) is 5.91 Å². The zero-order chi connectivity index (χ0) is 36.7. The molecule has 52 heavy (non-hydrogen) atoms. The molecule has 266 valence electrons. The Bertz CT molecular complexity index is 2030. The third kappa shape index (κ3) is 10.7. The average molecular weight is 700 g/mol. The maximum absolute atomic E-state index is 13.9. The lowest BCUT2D eigenvalue weighted by atomic mass is 10.0. The largest absolute Gasteiger partial charge is 0.445 e. The molecule has 5 rings (SSSR count). The van der Waals surface area contributed by atoms with Gasteiger partial charge in [-0.1, -0.05) is 109 Å². The molecule has 0 aliphatic carbocycles. The van der Waals surface area contributed by atoms with Gasteiger partial charge in [0, 0.05) is 29.9 Å². The van der Waals surface area contributed by atoms with Crippen molar-refractivity contribution in [2.75, 3.05) is 0 Å².